The fourth-order valence-corrected chi connectivity index (χ4v) is 3.85. The summed E-state index contributed by atoms with van der Waals surface area (Å²) in [5, 5.41) is 12.1. The van der Waals surface area contributed by atoms with Crippen LogP contribution in [0.5, 0.6) is 0 Å². The van der Waals surface area contributed by atoms with Crippen LogP contribution in [0.4, 0.5) is 10.1 Å². The molecule has 0 amide bonds. The first kappa shape index (κ1) is 15.5. The maximum absolute atomic E-state index is 13.2. The Labute approximate surface area is 133 Å². The summed E-state index contributed by atoms with van der Waals surface area (Å²) < 4.78 is 40.5. The molecule has 0 saturated carbocycles. The van der Waals surface area contributed by atoms with Gasteiger partial charge in [0.15, 0.2) is 0 Å². The Morgan fingerprint density at radius 3 is 2.83 bits per heavy atom. The fourth-order valence-electron chi connectivity index (χ4n) is 2.58. The van der Waals surface area contributed by atoms with Crippen molar-refractivity contribution in [2.24, 2.45) is 0 Å². The third-order valence-corrected chi connectivity index (χ3v) is 5.19. The molecule has 1 aliphatic rings. The van der Waals surface area contributed by atoms with Gasteiger partial charge in [0.05, 0.1) is 16.5 Å². The van der Waals surface area contributed by atoms with Gasteiger partial charge >= 0.3 is 0 Å². The quantitative estimate of drug-likeness (QED) is 0.901. The van der Waals surface area contributed by atoms with E-state index in [4.69, 9.17) is 5.26 Å². The van der Waals surface area contributed by atoms with Crippen LogP contribution >= 0.6 is 0 Å². The SMILES string of the molecule is N#Cc1ccc2c(c1)CC(NS(=O)(=O)c1cccc(F)c1)CN2. The van der Waals surface area contributed by atoms with E-state index in [0.717, 1.165) is 17.3 Å². The summed E-state index contributed by atoms with van der Waals surface area (Å²) >= 11 is 0. The number of fused-ring (bicyclic) bond motifs is 1. The van der Waals surface area contributed by atoms with Crippen molar-refractivity contribution in [3.05, 3.63) is 59.4 Å². The maximum atomic E-state index is 13.2. The van der Waals surface area contributed by atoms with Gasteiger partial charge in [-0.2, -0.15) is 5.26 Å². The first-order chi connectivity index (χ1) is 11.0. The van der Waals surface area contributed by atoms with E-state index >= 15 is 0 Å². The molecular weight excluding hydrogens is 317 g/mol. The second-order valence-corrected chi connectivity index (χ2v) is 7.06. The van der Waals surface area contributed by atoms with Gasteiger partial charge in [-0.05, 0) is 48.4 Å². The minimum Gasteiger partial charge on any atom is -0.383 e. The molecule has 23 heavy (non-hydrogen) atoms. The molecule has 0 saturated heterocycles. The van der Waals surface area contributed by atoms with Crippen molar-refractivity contribution in [1.29, 1.82) is 5.26 Å². The molecule has 0 spiro atoms. The lowest BCUT2D eigenvalue weighted by Gasteiger charge is -2.27. The highest BCUT2D eigenvalue weighted by Crippen LogP contribution is 2.24. The van der Waals surface area contributed by atoms with E-state index in [9.17, 15) is 12.8 Å². The molecule has 2 aromatic rings. The lowest BCUT2D eigenvalue weighted by atomic mass is 9.98. The highest BCUT2D eigenvalue weighted by molar-refractivity contribution is 7.89. The molecule has 7 heteroatoms. The summed E-state index contributed by atoms with van der Waals surface area (Å²) in [4.78, 5) is -0.103. The first-order valence-corrected chi connectivity index (χ1v) is 8.51. The van der Waals surface area contributed by atoms with Gasteiger partial charge in [-0.1, -0.05) is 6.07 Å². The molecule has 0 aromatic heterocycles. The van der Waals surface area contributed by atoms with Gasteiger partial charge in [0.25, 0.3) is 0 Å². The van der Waals surface area contributed by atoms with Crippen LogP contribution in [0.2, 0.25) is 0 Å². The van der Waals surface area contributed by atoms with Gasteiger partial charge in [0.2, 0.25) is 10.0 Å². The molecule has 1 heterocycles. The summed E-state index contributed by atoms with van der Waals surface area (Å²) in [5.41, 5.74) is 2.30. The summed E-state index contributed by atoms with van der Waals surface area (Å²) in [6.45, 7) is 0.424. The third-order valence-electron chi connectivity index (χ3n) is 3.67. The van der Waals surface area contributed by atoms with Crippen LogP contribution in [0.3, 0.4) is 0 Å². The number of sulfonamides is 1. The van der Waals surface area contributed by atoms with Gasteiger partial charge in [-0.15, -0.1) is 0 Å². The van der Waals surface area contributed by atoms with Crippen LogP contribution in [0.25, 0.3) is 0 Å². The number of benzene rings is 2. The number of halogens is 1. The largest absolute Gasteiger partial charge is 0.383 e. The first-order valence-electron chi connectivity index (χ1n) is 7.03. The van der Waals surface area contributed by atoms with Crippen molar-refractivity contribution in [1.82, 2.24) is 4.72 Å². The summed E-state index contributed by atoms with van der Waals surface area (Å²) in [6, 6.07) is 11.8. The zero-order chi connectivity index (χ0) is 16.4. The Morgan fingerprint density at radius 2 is 2.09 bits per heavy atom. The number of nitrogens with zero attached hydrogens (tertiary/aromatic N) is 1. The van der Waals surface area contributed by atoms with E-state index < -0.39 is 15.8 Å². The lowest BCUT2D eigenvalue weighted by molar-refractivity contribution is 0.546. The second-order valence-electron chi connectivity index (χ2n) is 5.34. The molecular formula is C16H14FN3O2S. The van der Waals surface area contributed by atoms with Crippen LogP contribution in [0, 0.1) is 17.1 Å². The minimum absolute atomic E-state index is 0.103. The molecule has 3 rings (SSSR count). The number of nitrogens with one attached hydrogen (secondary N) is 2. The Kier molecular flexibility index (Phi) is 4.03. The molecule has 0 radical (unpaired) electrons. The van der Waals surface area contributed by atoms with Gasteiger partial charge < -0.3 is 5.32 Å². The number of rotatable bonds is 3. The standard InChI is InChI=1S/C16H14FN3O2S/c17-13-2-1-3-15(8-13)23(21,22)20-14-7-12-6-11(9-18)4-5-16(12)19-10-14/h1-6,8,14,19-20H,7,10H2. The van der Waals surface area contributed by atoms with Gasteiger partial charge in [0, 0.05) is 18.3 Å². The van der Waals surface area contributed by atoms with E-state index in [0.29, 0.717) is 18.5 Å². The van der Waals surface area contributed by atoms with Crippen molar-refractivity contribution in [3.8, 4) is 6.07 Å². The second kappa shape index (κ2) is 5.99. The van der Waals surface area contributed by atoms with Crippen LogP contribution in [0.15, 0.2) is 47.4 Å². The number of hydrogen-bond donors (Lipinski definition) is 2. The number of nitriles is 1. The van der Waals surface area contributed by atoms with Crippen LogP contribution in [-0.2, 0) is 16.4 Å². The van der Waals surface area contributed by atoms with E-state index in [1.165, 1.54) is 18.2 Å². The normalized spacial score (nSPS) is 17.0. The van der Waals surface area contributed by atoms with Gasteiger partial charge in [-0.25, -0.2) is 17.5 Å². The van der Waals surface area contributed by atoms with Crippen molar-refractivity contribution in [3.63, 3.8) is 0 Å². The average molecular weight is 331 g/mol. The summed E-state index contributed by atoms with van der Waals surface area (Å²) in [6.07, 6.45) is 0.465. The number of anilines is 1. The van der Waals surface area contributed by atoms with Gasteiger partial charge in [-0.3, -0.25) is 0 Å². The molecule has 0 fully saturated rings. The predicted octanol–water partition coefficient (Wildman–Crippen LogP) is 2.01. The van der Waals surface area contributed by atoms with Crippen LogP contribution in [0.1, 0.15) is 11.1 Å². The zero-order valence-electron chi connectivity index (χ0n) is 12.1. The van der Waals surface area contributed by atoms with E-state index in [-0.39, 0.29) is 10.9 Å². The topological polar surface area (TPSA) is 82.0 Å². The Hall–Kier alpha value is -2.43. The fraction of sp³-hybridized carbons (Fsp3) is 0.188. The van der Waals surface area contributed by atoms with E-state index in [1.807, 2.05) is 6.07 Å². The molecule has 2 aromatic carbocycles. The molecule has 1 atom stereocenters. The smallest absolute Gasteiger partial charge is 0.240 e. The lowest BCUT2D eigenvalue weighted by Crippen LogP contribution is -2.43. The third kappa shape index (κ3) is 3.33. The van der Waals surface area contributed by atoms with Gasteiger partial charge in [0.1, 0.15) is 5.82 Å². The molecule has 5 nitrogen and oxygen atoms in total. The average Bonchev–Trinajstić information content (AvgIpc) is 2.54. The molecule has 1 unspecified atom stereocenters. The highest BCUT2D eigenvalue weighted by Gasteiger charge is 2.24. The Balaban J connectivity index is 1.80. The molecule has 0 bridgehead atoms. The highest BCUT2D eigenvalue weighted by atomic mass is 32.2. The zero-order valence-corrected chi connectivity index (χ0v) is 12.9. The van der Waals surface area contributed by atoms with Crippen molar-refractivity contribution in [2.45, 2.75) is 17.4 Å². The molecule has 1 aliphatic heterocycles. The monoisotopic (exact) mass is 331 g/mol. The summed E-state index contributed by atoms with van der Waals surface area (Å²) in [7, 11) is -3.80. The van der Waals surface area contributed by atoms with Crippen molar-refractivity contribution < 1.29 is 12.8 Å². The predicted molar refractivity (Wildman–Crippen MR) is 83.9 cm³/mol. The maximum Gasteiger partial charge on any atom is 0.240 e. The Morgan fingerprint density at radius 1 is 1.26 bits per heavy atom. The molecule has 0 aliphatic carbocycles. The molecule has 2 N–H and O–H groups in total. The number of hydrogen-bond acceptors (Lipinski definition) is 4. The van der Waals surface area contributed by atoms with Crippen molar-refractivity contribution >= 4 is 15.7 Å². The Bertz CT molecular complexity index is 890. The minimum atomic E-state index is -3.80. The van der Waals surface area contributed by atoms with E-state index in [2.05, 4.69) is 16.1 Å². The summed E-state index contributed by atoms with van der Waals surface area (Å²) in [5.74, 6) is -0.598. The van der Waals surface area contributed by atoms with Crippen LogP contribution in [-0.4, -0.2) is 21.0 Å². The van der Waals surface area contributed by atoms with E-state index in [1.54, 1.807) is 12.1 Å². The molecule has 118 valence electrons. The van der Waals surface area contributed by atoms with Crippen molar-refractivity contribution in [2.75, 3.05) is 11.9 Å². The van der Waals surface area contributed by atoms with Crippen LogP contribution < -0.4 is 10.0 Å².